The Hall–Kier alpha value is -0.0800. The van der Waals surface area contributed by atoms with Crippen LogP contribution in [0.15, 0.2) is 0 Å². The minimum absolute atomic E-state index is 0.117. The fourth-order valence-electron chi connectivity index (χ4n) is 3.57. The minimum atomic E-state index is -0.215. The van der Waals surface area contributed by atoms with Gasteiger partial charge in [-0.2, -0.15) is 0 Å². The van der Waals surface area contributed by atoms with Crippen molar-refractivity contribution >= 4 is 0 Å². The third-order valence-corrected chi connectivity index (χ3v) is 4.85. The molecule has 0 heterocycles. The number of hydrogen-bond acceptors (Lipinski definition) is 2. The highest BCUT2D eigenvalue weighted by Gasteiger charge is 2.28. The first-order chi connectivity index (χ1) is 8.79. The fraction of sp³-hybridized carbons (Fsp3) is 1.00. The molecule has 0 radical (unpaired) electrons. The Morgan fingerprint density at radius 3 is 2.50 bits per heavy atom. The zero-order valence-corrected chi connectivity index (χ0v) is 11.9. The van der Waals surface area contributed by atoms with Crippen molar-refractivity contribution in [3.63, 3.8) is 0 Å². The van der Waals surface area contributed by atoms with Crippen LogP contribution < -0.4 is 0 Å². The van der Waals surface area contributed by atoms with E-state index in [0.29, 0.717) is 6.10 Å². The summed E-state index contributed by atoms with van der Waals surface area (Å²) in [6.07, 6.45) is 13.7. The molecule has 4 unspecified atom stereocenters. The normalized spacial score (nSPS) is 39.0. The van der Waals surface area contributed by atoms with E-state index in [-0.39, 0.29) is 12.2 Å². The van der Waals surface area contributed by atoms with Gasteiger partial charge in [-0.3, -0.25) is 0 Å². The molecular formula is C16H30O2. The second-order valence-electron chi connectivity index (χ2n) is 6.30. The molecule has 0 aromatic rings. The van der Waals surface area contributed by atoms with Gasteiger partial charge in [0.05, 0.1) is 18.3 Å². The molecule has 2 nitrogen and oxygen atoms in total. The molecule has 0 bridgehead atoms. The van der Waals surface area contributed by atoms with Gasteiger partial charge < -0.3 is 9.84 Å². The third kappa shape index (κ3) is 4.24. The maximum Gasteiger partial charge on any atom is 0.0837 e. The van der Waals surface area contributed by atoms with Gasteiger partial charge in [0.1, 0.15) is 0 Å². The molecule has 4 atom stereocenters. The van der Waals surface area contributed by atoms with Gasteiger partial charge in [0, 0.05) is 0 Å². The number of hydrogen-bond donors (Lipinski definition) is 1. The summed E-state index contributed by atoms with van der Waals surface area (Å²) >= 11 is 0. The van der Waals surface area contributed by atoms with E-state index < -0.39 is 0 Å². The van der Waals surface area contributed by atoms with Crippen LogP contribution in [0.1, 0.15) is 77.6 Å². The van der Waals surface area contributed by atoms with Crippen LogP contribution in [0.25, 0.3) is 0 Å². The van der Waals surface area contributed by atoms with E-state index in [1.54, 1.807) is 0 Å². The highest BCUT2D eigenvalue weighted by molar-refractivity contribution is 4.78. The Morgan fingerprint density at radius 2 is 1.72 bits per heavy atom. The van der Waals surface area contributed by atoms with Crippen LogP contribution in [0.4, 0.5) is 0 Å². The molecule has 0 spiro atoms. The minimum Gasteiger partial charge on any atom is -0.390 e. The van der Waals surface area contributed by atoms with Crippen molar-refractivity contribution in [3.05, 3.63) is 0 Å². The zero-order valence-electron chi connectivity index (χ0n) is 11.9. The first-order valence-corrected chi connectivity index (χ1v) is 8.13. The molecule has 0 amide bonds. The Labute approximate surface area is 112 Å². The molecule has 2 aliphatic rings. The molecule has 1 N–H and O–H groups in total. The molecule has 0 aromatic carbocycles. The summed E-state index contributed by atoms with van der Waals surface area (Å²) in [5.41, 5.74) is 0. The van der Waals surface area contributed by atoms with Crippen LogP contribution in [0, 0.1) is 5.92 Å². The lowest BCUT2D eigenvalue weighted by Gasteiger charge is -2.34. The van der Waals surface area contributed by atoms with Crippen LogP contribution >= 0.6 is 0 Å². The summed E-state index contributed by atoms with van der Waals surface area (Å²) < 4.78 is 6.26. The van der Waals surface area contributed by atoms with E-state index in [9.17, 15) is 5.11 Å². The van der Waals surface area contributed by atoms with E-state index in [0.717, 1.165) is 18.8 Å². The molecular weight excluding hydrogens is 224 g/mol. The molecule has 2 saturated carbocycles. The molecule has 0 aliphatic heterocycles. The van der Waals surface area contributed by atoms with E-state index in [2.05, 4.69) is 6.92 Å². The van der Waals surface area contributed by atoms with Crippen molar-refractivity contribution < 1.29 is 9.84 Å². The lowest BCUT2D eigenvalue weighted by Crippen LogP contribution is -2.35. The van der Waals surface area contributed by atoms with Crippen LogP contribution in [-0.4, -0.2) is 23.4 Å². The van der Waals surface area contributed by atoms with E-state index in [1.807, 2.05) is 0 Å². The highest BCUT2D eigenvalue weighted by atomic mass is 16.5. The summed E-state index contributed by atoms with van der Waals surface area (Å²) in [7, 11) is 0. The van der Waals surface area contributed by atoms with E-state index in [4.69, 9.17) is 4.74 Å². The second kappa shape index (κ2) is 7.49. The molecule has 2 aliphatic carbocycles. The monoisotopic (exact) mass is 254 g/mol. The fourth-order valence-corrected chi connectivity index (χ4v) is 3.57. The van der Waals surface area contributed by atoms with Gasteiger partial charge in [0.25, 0.3) is 0 Å². The van der Waals surface area contributed by atoms with Crippen molar-refractivity contribution in [3.8, 4) is 0 Å². The van der Waals surface area contributed by atoms with Crippen molar-refractivity contribution in [1.29, 1.82) is 0 Å². The quantitative estimate of drug-likeness (QED) is 0.823. The summed E-state index contributed by atoms with van der Waals surface area (Å²) in [6, 6.07) is 0. The topological polar surface area (TPSA) is 29.5 Å². The molecule has 2 fully saturated rings. The Kier molecular flexibility index (Phi) is 5.97. The van der Waals surface area contributed by atoms with Gasteiger partial charge in [0.15, 0.2) is 0 Å². The third-order valence-electron chi connectivity index (χ3n) is 4.85. The van der Waals surface area contributed by atoms with E-state index in [1.165, 1.54) is 57.8 Å². The Bertz CT molecular complexity index is 229. The first-order valence-electron chi connectivity index (χ1n) is 8.13. The van der Waals surface area contributed by atoms with Gasteiger partial charge >= 0.3 is 0 Å². The largest absolute Gasteiger partial charge is 0.390 e. The number of aliphatic hydroxyl groups excluding tert-OH is 1. The van der Waals surface area contributed by atoms with E-state index >= 15 is 0 Å². The maximum atomic E-state index is 10.2. The van der Waals surface area contributed by atoms with Crippen LogP contribution in [-0.2, 0) is 4.74 Å². The molecule has 0 aromatic heterocycles. The average molecular weight is 254 g/mol. The Balaban J connectivity index is 1.81. The lowest BCUT2D eigenvalue weighted by atomic mass is 9.85. The van der Waals surface area contributed by atoms with Crippen LogP contribution in [0.3, 0.4) is 0 Å². The van der Waals surface area contributed by atoms with Gasteiger partial charge in [-0.05, 0) is 31.6 Å². The summed E-state index contributed by atoms with van der Waals surface area (Å²) in [6.45, 7) is 2.29. The summed E-state index contributed by atoms with van der Waals surface area (Å²) in [4.78, 5) is 0. The predicted molar refractivity (Wildman–Crippen MR) is 74.6 cm³/mol. The zero-order chi connectivity index (χ0) is 12.8. The van der Waals surface area contributed by atoms with Gasteiger partial charge in [0.2, 0.25) is 0 Å². The lowest BCUT2D eigenvalue weighted by molar-refractivity contribution is -0.101. The van der Waals surface area contributed by atoms with Crippen LogP contribution in [0.5, 0.6) is 0 Å². The molecule has 2 rings (SSSR count). The predicted octanol–water partition coefficient (Wildman–Crippen LogP) is 4.06. The standard InChI is InChI=1S/C16H30O2/c1-2-13-8-7-9-14(12-13)18-16-11-6-4-3-5-10-15(16)17/h13-17H,2-12H2,1H3. The first kappa shape index (κ1) is 14.3. The summed E-state index contributed by atoms with van der Waals surface area (Å²) in [5.74, 6) is 0.856. The van der Waals surface area contributed by atoms with Crippen molar-refractivity contribution in [2.75, 3.05) is 0 Å². The smallest absolute Gasteiger partial charge is 0.0837 e. The molecule has 106 valence electrons. The van der Waals surface area contributed by atoms with Crippen molar-refractivity contribution in [2.24, 2.45) is 5.92 Å². The van der Waals surface area contributed by atoms with Gasteiger partial charge in [-0.25, -0.2) is 0 Å². The molecule has 0 saturated heterocycles. The average Bonchev–Trinajstić information content (AvgIpc) is 2.39. The summed E-state index contributed by atoms with van der Waals surface area (Å²) in [5, 5.41) is 10.2. The van der Waals surface area contributed by atoms with Crippen LogP contribution in [0.2, 0.25) is 0 Å². The number of ether oxygens (including phenoxy) is 1. The van der Waals surface area contributed by atoms with Crippen molar-refractivity contribution in [1.82, 2.24) is 0 Å². The van der Waals surface area contributed by atoms with Gasteiger partial charge in [-0.15, -0.1) is 0 Å². The van der Waals surface area contributed by atoms with Gasteiger partial charge in [-0.1, -0.05) is 51.9 Å². The number of rotatable bonds is 3. The molecule has 2 heteroatoms. The number of aliphatic hydroxyl groups is 1. The van der Waals surface area contributed by atoms with Crippen molar-refractivity contribution in [2.45, 2.75) is 95.9 Å². The Morgan fingerprint density at radius 1 is 0.944 bits per heavy atom. The maximum absolute atomic E-state index is 10.2. The SMILES string of the molecule is CCC1CCCC(OC2CCCCCCC2O)C1. The molecule has 18 heavy (non-hydrogen) atoms. The second-order valence-corrected chi connectivity index (χ2v) is 6.30. The highest BCUT2D eigenvalue weighted by Crippen LogP contribution is 2.31.